The summed E-state index contributed by atoms with van der Waals surface area (Å²) in [6, 6.07) is 2.84. The van der Waals surface area contributed by atoms with Crippen LogP contribution in [0.1, 0.15) is 49.4 Å². The molecule has 0 aliphatic carbocycles. The highest BCUT2D eigenvalue weighted by Gasteiger charge is 2.26. The summed E-state index contributed by atoms with van der Waals surface area (Å²) in [4.78, 5) is 40.4. The Bertz CT molecular complexity index is 935. The molecule has 0 saturated carbocycles. The number of rotatable bonds is 9. The van der Waals surface area contributed by atoms with Gasteiger partial charge in [-0.25, -0.2) is 9.59 Å². The van der Waals surface area contributed by atoms with Crippen molar-refractivity contribution >= 4 is 17.7 Å². The number of H-pyrrole nitrogens is 1. The van der Waals surface area contributed by atoms with Gasteiger partial charge in [-0.3, -0.25) is 4.79 Å². The fourth-order valence-corrected chi connectivity index (χ4v) is 3.07. The SMILES string of the molecule is CCOC(=O)c1c(C)[nH]c(C)c1C(=O)COC(=O)c1cc(OC)c(OC)c(OC)c1. The topological polar surface area (TPSA) is 113 Å². The molecule has 2 aromatic rings. The number of carbonyl (C=O) groups is 3. The van der Waals surface area contributed by atoms with Gasteiger partial charge in [0.2, 0.25) is 11.5 Å². The smallest absolute Gasteiger partial charge is 0.340 e. The van der Waals surface area contributed by atoms with Crippen LogP contribution in [0.2, 0.25) is 0 Å². The zero-order chi connectivity index (χ0) is 22.4. The molecule has 0 aliphatic heterocycles. The van der Waals surface area contributed by atoms with Crippen molar-refractivity contribution in [3.63, 3.8) is 0 Å². The first-order valence-corrected chi connectivity index (χ1v) is 9.15. The molecule has 1 aromatic heterocycles. The number of Topliss-reactive ketones (excluding diaryl/α,β-unsaturated/α-hetero) is 1. The van der Waals surface area contributed by atoms with Crippen molar-refractivity contribution < 1.29 is 38.1 Å². The number of carbonyl (C=O) groups excluding carboxylic acids is 3. The van der Waals surface area contributed by atoms with Crippen LogP contribution in [0.25, 0.3) is 0 Å². The molecule has 9 heteroatoms. The van der Waals surface area contributed by atoms with Gasteiger partial charge in [-0.15, -0.1) is 0 Å². The van der Waals surface area contributed by atoms with Crippen molar-refractivity contribution in [3.05, 3.63) is 40.2 Å². The number of ether oxygens (including phenoxy) is 5. The van der Waals surface area contributed by atoms with Gasteiger partial charge < -0.3 is 28.7 Å². The standard InChI is InChI=1S/C21H25NO8/c1-7-29-21(25)18-12(3)22-11(2)17(18)14(23)10-30-20(24)13-8-15(26-4)19(28-6)16(9-13)27-5/h8-9,22H,7,10H2,1-6H3. The summed E-state index contributed by atoms with van der Waals surface area (Å²) in [5.74, 6) is -1.02. The number of aromatic amines is 1. The van der Waals surface area contributed by atoms with Gasteiger partial charge in [-0.2, -0.15) is 0 Å². The number of aromatic nitrogens is 1. The van der Waals surface area contributed by atoms with Gasteiger partial charge in [-0.1, -0.05) is 0 Å². The second kappa shape index (κ2) is 9.82. The average Bonchev–Trinajstić information content (AvgIpc) is 3.04. The number of methoxy groups -OCH3 is 3. The van der Waals surface area contributed by atoms with E-state index in [1.54, 1.807) is 20.8 Å². The summed E-state index contributed by atoms with van der Waals surface area (Å²) in [7, 11) is 4.28. The Morgan fingerprint density at radius 1 is 0.833 bits per heavy atom. The van der Waals surface area contributed by atoms with Crippen LogP contribution in [0.3, 0.4) is 0 Å². The van der Waals surface area contributed by atoms with Crippen molar-refractivity contribution in [2.24, 2.45) is 0 Å². The normalized spacial score (nSPS) is 10.3. The maximum absolute atomic E-state index is 12.7. The van der Waals surface area contributed by atoms with Gasteiger partial charge in [0.15, 0.2) is 18.1 Å². The summed E-state index contributed by atoms with van der Waals surface area (Å²) in [6.45, 7) is 4.61. The summed E-state index contributed by atoms with van der Waals surface area (Å²) >= 11 is 0. The molecule has 0 saturated heterocycles. The highest BCUT2D eigenvalue weighted by atomic mass is 16.5. The lowest BCUT2D eigenvalue weighted by molar-refractivity contribution is 0.0471. The predicted octanol–water partition coefficient (Wildman–Crippen LogP) is 2.87. The number of esters is 2. The number of benzene rings is 1. The number of hydrogen-bond donors (Lipinski definition) is 1. The third-order valence-corrected chi connectivity index (χ3v) is 4.37. The maximum Gasteiger partial charge on any atom is 0.340 e. The van der Waals surface area contributed by atoms with Crippen LogP contribution in [0, 0.1) is 13.8 Å². The van der Waals surface area contributed by atoms with Crippen molar-refractivity contribution in [3.8, 4) is 17.2 Å². The van der Waals surface area contributed by atoms with Crippen LogP contribution >= 0.6 is 0 Å². The van der Waals surface area contributed by atoms with Gasteiger partial charge >= 0.3 is 11.9 Å². The molecular weight excluding hydrogens is 394 g/mol. The molecule has 0 atom stereocenters. The molecule has 2 rings (SSSR count). The molecule has 0 radical (unpaired) electrons. The molecule has 0 spiro atoms. The Kier molecular flexibility index (Phi) is 7.46. The van der Waals surface area contributed by atoms with Gasteiger partial charge in [0.25, 0.3) is 0 Å². The summed E-state index contributed by atoms with van der Waals surface area (Å²) < 4.78 is 25.8. The lowest BCUT2D eigenvalue weighted by Gasteiger charge is -2.13. The Balaban J connectivity index is 2.24. The minimum absolute atomic E-state index is 0.116. The van der Waals surface area contributed by atoms with E-state index >= 15 is 0 Å². The van der Waals surface area contributed by atoms with Gasteiger partial charge in [0, 0.05) is 11.4 Å². The minimum Gasteiger partial charge on any atom is -0.493 e. The molecule has 0 amide bonds. The fourth-order valence-electron chi connectivity index (χ4n) is 3.07. The molecule has 162 valence electrons. The Morgan fingerprint density at radius 2 is 1.40 bits per heavy atom. The summed E-state index contributed by atoms with van der Waals surface area (Å²) in [6.07, 6.45) is 0. The van der Waals surface area contributed by atoms with E-state index < -0.39 is 24.3 Å². The molecule has 9 nitrogen and oxygen atoms in total. The van der Waals surface area contributed by atoms with Gasteiger partial charge in [0.05, 0.1) is 44.6 Å². The van der Waals surface area contributed by atoms with Crippen molar-refractivity contribution in [1.82, 2.24) is 4.98 Å². The highest BCUT2D eigenvalue weighted by molar-refractivity contribution is 6.09. The van der Waals surface area contributed by atoms with E-state index in [0.29, 0.717) is 17.1 Å². The van der Waals surface area contributed by atoms with Crippen LogP contribution in [0.5, 0.6) is 17.2 Å². The lowest BCUT2D eigenvalue weighted by atomic mass is 10.1. The van der Waals surface area contributed by atoms with Crippen molar-refractivity contribution in [2.75, 3.05) is 34.5 Å². The number of ketones is 1. The van der Waals surface area contributed by atoms with Crippen molar-refractivity contribution in [2.45, 2.75) is 20.8 Å². The molecule has 0 unspecified atom stereocenters. The maximum atomic E-state index is 12.7. The minimum atomic E-state index is -0.759. The largest absolute Gasteiger partial charge is 0.493 e. The van der Waals surface area contributed by atoms with Gasteiger partial charge in [0.1, 0.15) is 0 Å². The summed E-state index contributed by atoms with van der Waals surface area (Å²) in [5.41, 5.74) is 1.39. The highest BCUT2D eigenvalue weighted by Crippen LogP contribution is 2.38. The lowest BCUT2D eigenvalue weighted by Crippen LogP contribution is -2.18. The number of hydrogen-bond acceptors (Lipinski definition) is 8. The van der Waals surface area contributed by atoms with Crippen LogP contribution in [-0.4, -0.2) is 57.2 Å². The Labute approximate surface area is 174 Å². The van der Waals surface area contributed by atoms with Gasteiger partial charge in [-0.05, 0) is 32.9 Å². The first kappa shape index (κ1) is 22.8. The molecule has 0 fully saturated rings. The van der Waals surface area contributed by atoms with Crippen LogP contribution in [-0.2, 0) is 9.47 Å². The third-order valence-electron chi connectivity index (χ3n) is 4.37. The average molecular weight is 419 g/mol. The monoisotopic (exact) mass is 419 g/mol. The number of aryl methyl sites for hydroxylation is 2. The second-order valence-corrected chi connectivity index (χ2v) is 6.26. The van der Waals surface area contributed by atoms with Crippen LogP contribution in [0.4, 0.5) is 0 Å². The van der Waals surface area contributed by atoms with Crippen molar-refractivity contribution in [1.29, 1.82) is 0 Å². The predicted molar refractivity (Wildman–Crippen MR) is 107 cm³/mol. The Morgan fingerprint density at radius 3 is 1.90 bits per heavy atom. The van der Waals surface area contributed by atoms with E-state index in [1.165, 1.54) is 33.5 Å². The van der Waals surface area contributed by atoms with E-state index in [4.69, 9.17) is 23.7 Å². The first-order chi connectivity index (χ1) is 14.3. The summed E-state index contributed by atoms with van der Waals surface area (Å²) in [5, 5.41) is 0. The molecule has 30 heavy (non-hydrogen) atoms. The van der Waals surface area contributed by atoms with E-state index in [1.807, 2.05) is 0 Å². The van der Waals surface area contributed by atoms with Crippen LogP contribution in [0.15, 0.2) is 12.1 Å². The van der Waals surface area contributed by atoms with Crippen LogP contribution < -0.4 is 14.2 Å². The van der Waals surface area contributed by atoms with E-state index in [2.05, 4.69) is 4.98 Å². The zero-order valence-corrected chi connectivity index (χ0v) is 17.8. The molecule has 0 aliphatic rings. The van der Waals surface area contributed by atoms with E-state index in [-0.39, 0.29) is 34.8 Å². The molecular formula is C21H25NO8. The molecule has 1 heterocycles. The molecule has 1 N–H and O–H groups in total. The zero-order valence-electron chi connectivity index (χ0n) is 17.8. The molecule has 0 bridgehead atoms. The second-order valence-electron chi connectivity index (χ2n) is 6.26. The molecule has 1 aromatic carbocycles. The fraction of sp³-hybridized carbons (Fsp3) is 0.381. The third kappa shape index (κ3) is 4.56. The Hall–Kier alpha value is -3.49. The first-order valence-electron chi connectivity index (χ1n) is 9.15. The van der Waals surface area contributed by atoms with E-state index in [9.17, 15) is 14.4 Å². The van der Waals surface area contributed by atoms with E-state index in [0.717, 1.165) is 0 Å². The number of nitrogens with one attached hydrogen (secondary N) is 1. The quantitative estimate of drug-likeness (QED) is 0.488.